The molecule has 0 rings (SSSR count). The molecule has 0 aromatic heterocycles. The van der Waals surface area contributed by atoms with Gasteiger partial charge in [-0.1, -0.05) is 6.08 Å². The summed E-state index contributed by atoms with van der Waals surface area (Å²) < 4.78 is 0. The van der Waals surface area contributed by atoms with Gasteiger partial charge in [-0.3, -0.25) is 4.79 Å². The van der Waals surface area contributed by atoms with E-state index in [0.717, 1.165) is 0 Å². The number of amides is 2. The van der Waals surface area contributed by atoms with Crippen molar-refractivity contribution in [2.75, 3.05) is 6.54 Å². The average molecular weight is 272 g/mol. The number of hydrogen-bond donors (Lipinski definition) is 3. The molecule has 0 saturated heterocycles. The van der Waals surface area contributed by atoms with Crippen LogP contribution >= 0.6 is 0 Å². The third kappa shape index (κ3) is 5.89. The summed E-state index contributed by atoms with van der Waals surface area (Å²) in [5, 5.41) is 19.7. The molecule has 0 aliphatic rings. The maximum Gasteiger partial charge on any atom is 0.326 e. The maximum absolute atomic E-state index is 12.0. The molecule has 0 aromatic rings. The maximum atomic E-state index is 12.0. The monoisotopic (exact) mass is 272 g/mol. The van der Waals surface area contributed by atoms with Crippen molar-refractivity contribution >= 4 is 18.0 Å². The van der Waals surface area contributed by atoms with Gasteiger partial charge in [-0.05, 0) is 20.8 Å². The van der Waals surface area contributed by atoms with Crippen molar-refractivity contribution in [3.8, 4) is 0 Å². The minimum atomic E-state index is -1.46. The largest absolute Gasteiger partial charge is 0.481 e. The van der Waals surface area contributed by atoms with E-state index in [1.165, 1.54) is 11.0 Å². The Labute approximate surface area is 111 Å². The fraction of sp³-hybridized carbons (Fsp3) is 0.583. The highest BCUT2D eigenvalue weighted by atomic mass is 16.4. The van der Waals surface area contributed by atoms with Crippen LogP contribution in [0.3, 0.4) is 0 Å². The molecule has 108 valence electrons. The topological polar surface area (TPSA) is 107 Å². The second kappa shape index (κ2) is 6.77. The number of carbonyl (C=O) groups is 3. The van der Waals surface area contributed by atoms with Gasteiger partial charge in [-0.25, -0.2) is 9.59 Å². The van der Waals surface area contributed by atoms with Crippen molar-refractivity contribution in [1.82, 2.24) is 10.2 Å². The minimum Gasteiger partial charge on any atom is -0.481 e. The van der Waals surface area contributed by atoms with Crippen LogP contribution in [0.4, 0.5) is 4.79 Å². The lowest BCUT2D eigenvalue weighted by Gasteiger charge is -2.35. The lowest BCUT2D eigenvalue weighted by molar-refractivity contribution is -0.145. The highest BCUT2D eigenvalue weighted by molar-refractivity contribution is 5.86. The lowest BCUT2D eigenvalue weighted by atomic mass is 10.1. The zero-order valence-electron chi connectivity index (χ0n) is 11.3. The summed E-state index contributed by atoms with van der Waals surface area (Å²) in [6.45, 7) is 9.10. The zero-order chi connectivity index (χ0) is 15.2. The molecule has 19 heavy (non-hydrogen) atoms. The molecule has 0 heterocycles. The summed E-state index contributed by atoms with van der Waals surface area (Å²) in [5.41, 5.74) is -0.537. The van der Waals surface area contributed by atoms with Crippen molar-refractivity contribution in [1.29, 1.82) is 0 Å². The van der Waals surface area contributed by atoms with Gasteiger partial charge in [0.15, 0.2) is 0 Å². The molecule has 1 atom stereocenters. The molecule has 0 radical (unpaired) electrons. The number of urea groups is 1. The number of carboxylic acids is 2. The SMILES string of the molecule is C=CCN(C(=O)N[C@H](CC(=O)O)C(=O)O)C(C)(C)C. The zero-order valence-corrected chi connectivity index (χ0v) is 11.3. The summed E-state index contributed by atoms with van der Waals surface area (Å²) in [6, 6.07) is -2.10. The fourth-order valence-corrected chi connectivity index (χ4v) is 1.39. The Kier molecular flexibility index (Phi) is 6.04. The van der Waals surface area contributed by atoms with Gasteiger partial charge < -0.3 is 20.4 Å². The van der Waals surface area contributed by atoms with Gasteiger partial charge in [0.1, 0.15) is 6.04 Å². The average Bonchev–Trinajstić information content (AvgIpc) is 2.22. The van der Waals surface area contributed by atoms with E-state index in [4.69, 9.17) is 10.2 Å². The highest BCUT2D eigenvalue weighted by Crippen LogP contribution is 2.13. The van der Waals surface area contributed by atoms with Crippen LogP contribution < -0.4 is 5.32 Å². The van der Waals surface area contributed by atoms with Crippen molar-refractivity contribution in [2.45, 2.75) is 38.8 Å². The highest BCUT2D eigenvalue weighted by Gasteiger charge is 2.30. The normalized spacial score (nSPS) is 12.4. The van der Waals surface area contributed by atoms with Crippen molar-refractivity contribution in [2.24, 2.45) is 0 Å². The Bertz CT molecular complexity index is 373. The molecular weight excluding hydrogens is 252 g/mol. The molecular formula is C12H20N2O5. The molecule has 7 heteroatoms. The van der Waals surface area contributed by atoms with Crippen molar-refractivity contribution < 1.29 is 24.6 Å². The molecule has 0 aliphatic carbocycles. The molecule has 0 bridgehead atoms. The summed E-state index contributed by atoms with van der Waals surface area (Å²) in [7, 11) is 0. The number of carbonyl (C=O) groups excluding carboxylic acids is 1. The molecule has 0 saturated carbocycles. The predicted octanol–water partition coefficient (Wildman–Crippen LogP) is 0.910. The van der Waals surface area contributed by atoms with Crippen LogP contribution in [-0.4, -0.2) is 51.2 Å². The van der Waals surface area contributed by atoms with Crippen LogP contribution in [-0.2, 0) is 9.59 Å². The Morgan fingerprint density at radius 2 is 1.84 bits per heavy atom. The van der Waals surface area contributed by atoms with Crippen LogP contribution in [0.15, 0.2) is 12.7 Å². The molecule has 0 aliphatic heterocycles. The number of nitrogens with zero attached hydrogens (tertiary/aromatic N) is 1. The number of aliphatic carboxylic acids is 2. The third-order valence-corrected chi connectivity index (χ3v) is 2.34. The van der Waals surface area contributed by atoms with Gasteiger partial charge in [-0.15, -0.1) is 6.58 Å². The molecule has 0 aromatic carbocycles. The Hall–Kier alpha value is -2.05. The van der Waals surface area contributed by atoms with Gasteiger partial charge in [0.2, 0.25) is 0 Å². The smallest absolute Gasteiger partial charge is 0.326 e. The van der Waals surface area contributed by atoms with Gasteiger partial charge in [0.25, 0.3) is 0 Å². The van der Waals surface area contributed by atoms with Crippen LogP contribution in [0.5, 0.6) is 0 Å². The molecule has 0 unspecified atom stereocenters. The standard InChI is InChI=1S/C12H20N2O5/c1-5-6-14(12(2,3)4)11(19)13-8(10(17)18)7-9(15)16/h5,8H,1,6-7H2,2-4H3,(H,13,19)(H,15,16)(H,17,18)/t8-/m1/s1. The van der Waals surface area contributed by atoms with Crippen molar-refractivity contribution in [3.05, 3.63) is 12.7 Å². The molecule has 0 spiro atoms. The van der Waals surface area contributed by atoms with Crippen molar-refractivity contribution in [3.63, 3.8) is 0 Å². The van der Waals surface area contributed by atoms with Crippen LogP contribution in [0.2, 0.25) is 0 Å². The first-order valence-corrected chi connectivity index (χ1v) is 5.73. The van der Waals surface area contributed by atoms with E-state index in [9.17, 15) is 14.4 Å². The van der Waals surface area contributed by atoms with Crippen LogP contribution in [0.1, 0.15) is 27.2 Å². The Morgan fingerprint density at radius 1 is 1.32 bits per heavy atom. The molecule has 3 N–H and O–H groups in total. The van der Waals surface area contributed by atoms with E-state index < -0.39 is 36.0 Å². The van der Waals surface area contributed by atoms with E-state index in [2.05, 4.69) is 11.9 Å². The third-order valence-electron chi connectivity index (χ3n) is 2.34. The van der Waals surface area contributed by atoms with E-state index in [0.29, 0.717) is 0 Å². The minimum absolute atomic E-state index is 0.231. The van der Waals surface area contributed by atoms with Gasteiger partial charge in [-0.2, -0.15) is 0 Å². The lowest BCUT2D eigenvalue weighted by Crippen LogP contribution is -2.54. The Morgan fingerprint density at radius 3 is 2.16 bits per heavy atom. The number of rotatable bonds is 6. The summed E-state index contributed by atoms with van der Waals surface area (Å²) in [6.07, 6.45) is 0.838. The van der Waals surface area contributed by atoms with E-state index in [1.807, 2.05) is 0 Å². The fourth-order valence-electron chi connectivity index (χ4n) is 1.39. The first kappa shape index (κ1) is 16.9. The first-order valence-electron chi connectivity index (χ1n) is 5.73. The van der Waals surface area contributed by atoms with Gasteiger partial charge in [0.05, 0.1) is 6.42 Å². The number of nitrogens with one attached hydrogen (secondary N) is 1. The van der Waals surface area contributed by atoms with Gasteiger partial charge in [0, 0.05) is 12.1 Å². The molecule has 7 nitrogen and oxygen atoms in total. The summed E-state index contributed by atoms with van der Waals surface area (Å²) in [5.74, 6) is -2.68. The molecule has 2 amide bonds. The summed E-state index contributed by atoms with van der Waals surface area (Å²) >= 11 is 0. The Balaban J connectivity index is 4.90. The number of hydrogen-bond acceptors (Lipinski definition) is 3. The van der Waals surface area contributed by atoms with Crippen LogP contribution in [0.25, 0.3) is 0 Å². The summed E-state index contributed by atoms with van der Waals surface area (Å²) in [4.78, 5) is 34.8. The first-order chi connectivity index (χ1) is 8.59. The predicted molar refractivity (Wildman–Crippen MR) is 68.9 cm³/mol. The quantitative estimate of drug-likeness (QED) is 0.623. The number of carboxylic acid groups (broad SMARTS) is 2. The van der Waals surface area contributed by atoms with E-state index in [-0.39, 0.29) is 6.54 Å². The van der Waals surface area contributed by atoms with Crippen LogP contribution in [0, 0.1) is 0 Å². The van der Waals surface area contributed by atoms with Gasteiger partial charge >= 0.3 is 18.0 Å². The molecule has 0 fully saturated rings. The van der Waals surface area contributed by atoms with E-state index in [1.54, 1.807) is 20.8 Å². The second-order valence-corrected chi connectivity index (χ2v) is 5.01. The van der Waals surface area contributed by atoms with E-state index >= 15 is 0 Å². The second-order valence-electron chi connectivity index (χ2n) is 5.01.